The van der Waals surface area contributed by atoms with Crippen molar-refractivity contribution < 1.29 is 14.0 Å². The summed E-state index contributed by atoms with van der Waals surface area (Å²) >= 11 is 0. The van der Waals surface area contributed by atoms with Gasteiger partial charge in [-0.05, 0) is 13.1 Å². The van der Waals surface area contributed by atoms with Gasteiger partial charge >= 0.3 is 0 Å². The van der Waals surface area contributed by atoms with Crippen LogP contribution in [0.4, 0.5) is 0 Å². The van der Waals surface area contributed by atoms with Gasteiger partial charge in [-0.3, -0.25) is 19.9 Å². The highest BCUT2D eigenvalue weighted by molar-refractivity contribution is 5.94. The monoisotopic (exact) mass is 240 g/mol. The van der Waals surface area contributed by atoms with Gasteiger partial charge in [0.1, 0.15) is 5.76 Å². The van der Waals surface area contributed by atoms with Crippen LogP contribution in [0.5, 0.6) is 0 Å². The van der Waals surface area contributed by atoms with E-state index in [0.29, 0.717) is 17.9 Å². The summed E-state index contributed by atoms with van der Waals surface area (Å²) in [5, 5.41) is 2.51. The highest BCUT2D eigenvalue weighted by Gasteiger charge is 2.15. The fraction of sp³-hybridized carbons (Fsp3) is 0.400. The van der Waals surface area contributed by atoms with Gasteiger partial charge in [-0.2, -0.15) is 0 Å². The zero-order chi connectivity index (χ0) is 12.8. The zero-order valence-corrected chi connectivity index (χ0v) is 9.82. The number of amides is 2. The van der Waals surface area contributed by atoms with E-state index in [1.165, 1.54) is 12.3 Å². The number of nitrogens with one attached hydrogen (secondary N) is 2. The topological polar surface area (TPSA) is 101 Å². The third-order valence-electron chi connectivity index (χ3n) is 2.23. The van der Waals surface area contributed by atoms with Crippen molar-refractivity contribution in [2.75, 3.05) is 20.6 Å². The van der Waals surface area contributed by atoms with Crippen molar-refractivity contribution in [1.29, 1.82) is 0 Å². The van der Waals surface area contributed by atoms with Gasteiger partial charge in [-0.15, -0.1) is 0 Å². The summed E-state index contributed by atoms with van der Waals surface area (Å²) in [7, 11) is 3.32. The predicted octanol–water partition coefficient (Wildman–Crippen LogP) is -0.939. The molecular formula is C10H16N4O3. The van der Waals surface area contributed by atoms with Gasteiger partial charge in [0.05, 0.1) is 24.9 Å². The number of carbonyl (C=O) groups excluding carboxylic acids is 2. The van der Waals surface area contributed by atoms with E-state index < -0.39 is 5.91 Å². The molecule has 1 aromatic heterocycles. The Balaban J connectivity index is 2.65. The van der Waals surface area contributed by atoms with Crippen molar-refractivity contribution in [1.82, 2.24) is 15.6 Å². The van der Waals surface area contributed by atoms with Crippen LogP contribution in [0, 0.1) is 0 Å². The van der Waals surface area contributed by atoms with Crippen LogP contribution in [0.25, 0.3) is 0 Å². The Morgan fingerprint density at radius 3 is 2.82 bits per heavy atom. The van der Waals surface area contributed by atoms with Crippen molar-refractivity contribution in [3.8, 4) is 0 Å². The minimum Gasteiger partial charge on any atom is -0.467 e. The van der Waals surface area contributed by atoms with Crippen molar-refractivity contribution in [3.63, 3.8) is 0 Å². The maximum atomic E-state index is 11.4. The van der Waals surface area contributed by atoms with Gasteiger partial charge in [0, 0.05) is 7.05 Å². The van der Waals surface area contributed by atoms with Crippen LogP contribution < -0.4 is 16.6 Å². The Morgan fingerprint density at radius 1 is 1.53 bits per heavy atom. The van der Waals surface area contributed by atoms with E-state index >= 15 is 0 Å². The molecule has 1 heterocycles. The molecule has 0 aliphatic rings. The molecule has 0 saturated carbocycles. The molecule has 1 rings (SSSR count). The average Bonchev–Trinajstić information content (AvgIpc) is 2.75. The molecule has 0 saturated heterocycles. The first-order valence-corrected chi connectivity index (χ1v) is 5.05. The molecule has 7 nitrogen and oxygen atoms in total. The highest BCUT2D eigenvalue weighted by Crippen LogP contribution is 2.12. The maximum absolute atomic E-state index is 11.4. The molecule has 0 atom stereocenters. The Kier molecular flexibility index (Phi) is 4.68. The Hall–Kier alpha value is -1.86. The van der Waals surface area contributed by atoms with E-state index in [0.717, 1.165) is 0 Å². The minimum atomic E-state index is -0.415. The van der Waals surface area contributed by atoms with Crippen molar-refractivity contribution in [2.45, 2.75) is 6.54 Å². The number of hydrogen-bond donors (Lipinski definition) is 3. The normalized spacial score (nSPS) is 10.4. The van der Waals surface area contributed by atoms with E-state index in [1.807, 2.05) is 5.43 Å². The average molecular weight is 240 g/mol. The third kappa shape index (κ3) is 3.58. The second-order valence-electron chi connectivity index (χ2n) is 3.58. The standard InChI is InChI=1S/C10H16N4O3/c1-12-9(15)6-14(2)5-8-7(3-4-17-8)10(16)13-11/h3-4H,5-6,11H2,1-2H3,(H,12,15)(H,13,16). The second-order valence-corrected chi connectivity index (χ2v) is 3.58. The summed E-state index contributed by atoms with van der Waals surface area (Å²) < 4.78 is 5.18. The van der Waals surface area contributed by atoms with Crippen LogP contribution >= 0.6 is 0 Å². The minimum absolute atomic E-state index is 0.108. The Labute approximate surface area is 98.9 Å². The van der Waals surface area contributed by atoms with Gasteiger partial charge < -0.3 is 9.73 Å². The smallest absolute Gasteiger partial charge is 0.268 e. The van der Waals surface area contributed by atoms with Gasteiger partial charge in [0.2, 0.25) is 5.91 Å². The first kappa shape index (κ1) is 13.2. The van der Waals surface area contributed by atoms with Crippen LogP contribution in [-0.2, 0) is 11.3 Å². The quantitative estimate of drug-likeness (QED) is 0.350. The molecule has 2 amide bonds. The SMILES string of the molecule is CNC(=O)CN(C)Cc1occc1C(=O)NN. The van der Waals surface area contributed by atoms with Crippen molar-refractivity contribution >= 4 is 11.8 Å². The summed E-state index contributed by atoms with van der Waals surface area (Å²) in [6.45, 7) is 0.573. The lowest BCUT2D eigenvalue weighted by Gasteiger charge is -2.14. The summed E-state index contributed by atoms with van der Waals surface area (Å²) in [6.07, 6.45) is 1.41. The largest absolute Gasteiger partial charge is 0.467 e. The molecule has 0 aliphatic heterocycles. The number of furan rings is 1. The van der Waals surface area contributed by atoms with Crippen molar-refractivity contribution in [3.05, 3.63) is 23.7 Å². The molecule has 0 spiro atoms. The molecule has 17 heavy (non-hydrogen) atoms. The van der Waals surface area contributed by atoms with E-state index in [4.69, 9.17) is 10.3 Å². The fourth-order valence-electron chi connectivity index (χ4n) is 1.37. The van der Waals surface area contributed by atoms with Gasteiger partial charge in [-0.25, -0.2) is 5.84 Å². The summed E-state index contributed by atoms with van der Waals surface area (Å²) in [6, 6.07) is 1.53. The maximum Gasteiger partial charge on any atom is 0.268 e. The van der Waals surface area contributed by atoms with E-state index in [1.54, 1.807) is 19.0 Å². The molecule has 0 fully saturated rings. The van der Waals surface area contributed by atoms with E-state index in [9.17, 15) is 9.59 Å². The highest BCUT2D eigenvalue weighted by atomic mass is 16.3. The molecule has 0 bridgehead atoms. The zero-order valence-electron chi connectivity index (χ0n) is 9.82. The lowest BCUT2D eigenvalue weighted by atomic mass is 10.2. The fourth-order valence-corrected chi connectivity index (χ4v) is 1.37. The lowest BCUT2D eigenvalue weighted by Crippen LogP contribution is -2.34. The number of nitrogens with two attached hydrogens (primary N) is 1. The summed E-state index contributed by atoms with van der Waals surface area (Å²) in [5.74, 6) is 5.00. The number of nitrogen functional groups attached to an aromatic ring is 1. The van der Waals surface area contributed by atoms with Crippen LogP contribution in [0.3, 0.4) is 0 Å². The first-order chi connectivity index (χ1) is 8.08. The van der Waals surface area contributed by atoms with Gasteiger partial charge in [-0.1, -0.05) is 0 Å². The molecule has 0 unspecified atom stereocenters. The molecule has 0 aliphatic carbocycles. The lowest BCUT2D eigenvalue weighted by molar-refractivity contribution is -0.121. The second kappa shape index (κ2) is 6.02. The number of hydrogen-bond acceptors (Lipinski definition) is 5. The Bertz CT molecular complexity index is 402. The third-order valence-corrected chi connectivity index (χ3v) is 2.23. The van der Waals surface area contributed by atoms with Gasteiger partial charge in [0.25, 0.3) is 5.91 Å². The summed E-state index contributed by atoms with van der Waals surface area (Å²) in [5.41, 5.74) is 2.41. The Morgan fingerprint density at radius 2 is 2.24 bits per heavy atom. The van der Waals surface area contributed by atoms with E-state index in [2.05, 4.69) is 5.32 Å². The van der Waals surface area contributed by atoms with Crippen LogP contribution in [0.2, 0.25) is 0 Å². The number of rotatable bonds is 5. The number of carbonyl (C=O) groups is 2. The number of hydrazine groups is 1. The van der Waals surface area contributed by atoms with E-state index in [-0.39, 0.29) is 12.5 Å². The first-order valence-electron chi connectivity index (χ1n) is 5.05. The van der Waals surface area contributed by atoms with Gasteiger partial charge in [0.15, 0.2) is 0 Å². The molecule has 4 N–H and O–H groups in total. The summed E-state index contributed by atoms with van der Waals surface area (Å²) in [4.78, 5) is 24.2. The molecule has 1 aromatic rings. The molecule has 94 valence electrons. The van der Waals surface area contributed by atoms with Crippen LogP contribution in [0.1, 0.15) is 16.1 Å². The van der Waals surface area contributed by atoms with Crippen LogP contribution in [-0.4, -0.2) is 37.4 Å². The predicted molar refractivity (Wildman–Crippen MR) is 60.8 cm³/mol. The number of nitrogens with zero attached hydrogens (tertiary/aromatic N) is 1. The van der Waals surface area contributed by atoms with Crippen LogP contribution in [0.15, 0.2) is 16.7 Å². The molecule has 0 radical (unpaired) electrons. The molecule has 7 heteroatoms. The molecule has 0 aromatic carbocycles. The van der Waals surface area contributed by atoms with Crippen molar-refractivity contribution in [2.24, 2.45) is 5.84 Å². The number of likely N-dealkylation sites (N-methyl/N-ethyl adjacent to an activating group) is 2. The molecular weight excluding hydrogens is 224 g/mol.